The zero-order chi connectivity index (χ0) is 41.0. The van der Waals surface area contributed by atoms with Crippen LogP contribution in [-0.4, -0.2) is 61.9 Å². The Kier molecular flexibility index (Phi) is 15.1. The summed E-state index contributed by atoms with van der Waals surface area (Å²) in [5, 5.41) is 10.4. The molecule has 1 aliphatic heterocycles. The van der Waals surface area contributed by atoms with Gasteiger partial charge < -0.3 is 38.3 Å². The number of carbonyl (C=O) groups is 1. The molecule has 1 N–H and O–H groups in total. The van der Waals surface area contributed by atoms with Crippen molar-refractivity contribution in [2.45, 2.75) is 77.0 Å². The van der Waals surface area contributed by atoms with Crippen molar-refractivity contribution in [3.63, 3.8) is 0 Å². The van der Waals surface area contributed by atoms with Crippen LogP contribution in [0.1, 0.15) is 59.8 Å². The number of hydrogen-bond acceptors (Lipinski definition) is 9. The van der Waals surface area contributed by atoms with Gasteiger partial charge in [-0.15, -0.1) is 0 Å². The first kappa shape index (κ1) is 42.4. The maximum Gasteiger partial charge on any atom is 0.302 e. The molecule has 59 heavy (non-hydrogen) atoms. The molecule has 0 bridgehead atoms. The van der Waals surface area contributed by atoms with E-state index < -0.39 is 36.5 Å². The van der Waals surface area contributed by atoms with E-state index in [4.69, 9.17) is 44.8 Å². The average molecular weight is 821 g/mol. The van der Waals surface area contributed by atoms with E-state index in [1.165, 1.54) is 6.92 Å². The van der Waals surface area contributed by atoms with Crippen LogP contribution in [-0.2, 0) is 54.7 Å². The predicted molar refractivity (Wildman–Crippen MR) is 225 cm³/mol. The number of ether oxygens (including phenoxy) is 7. The summed E-state index contributed by atoms with van der Waals surface area (Å²) in [6, 6.07) is 41.7. The highest BCUT2D eigenvalue weighted by Gasteiger charge is 2.50. The quantitative estimate of drug-likeness (QED) is 0.0771. The Bertz CT molecular complexity index is 2050. The van der Waals surface area contributed by atoms with Gasteiger partial charge in [-0.1, -0.05) is 115 Å². The van der Waals surface area contributed by atoms with Crippen molar-refractivity contribution in [2.24, 2.45) is 11.8 Å². The second-order valence-corrected chi connectivity index (χ2v) is 15.6. The summed E-state index contributed by atoms with van der Waals surface area (Å²) >= 11 is 7.10. The van der Waals surface area contributed by atoms with Crippen LogP contribution >= 0.6 is 11.6 Å². The highest BCUT2D eigenvalue weighted by molar-refractivity contribution is 6.31. The number of esters is 1. The fourth-order valence-electron chi connectivity index (χ4n) is 7.50. The molecule has 1 aliphatic carbocycles. The molecule has 5 aromatic rings. The van der Waals surface area contributed by atoms with Crippen LogP contribution in [0.25, 0.3) is 0 Å². The third-order valence-corrected chi connectivity index (χ3v) is 11.2. The Morgan fingerprint density at radius 1 is 0.695 bits per heavy atom. The van der Waals surface area contributed by atoms with Crippen LogP contribution in [0.3, 0.4) is 0 Å². The first-order valence-electron chi connectivity index (χ1n) is 20.4. The summed E-state index contributed by atoms with van der Waals surface area (Å²) < 4.78 is 45.8. The molecule has 2 aliphatic rings. The van der Waals surface area contributed by atoms with Crippen LogP contribution in [0, 0.1) is 11.8 Å². The number of aliphatic hydroxyl groups excluding tert-OH is 1. The molecule has 1 heterocycles. The number of rotatable bonds is 20. The largest absolute Gasteiger partial charge is 0.494 e. The molecule has 0 amide bonds. The molecule has 0 unspecified atom stereocenters. The number of halogens is 1. The number of carbonyl (C=O) groups excluding carboxylic acids is 1. The van der Waals surface area contributed by atoms with E-state index >= 15 is 0 Å². The van der Waals surface area contributed by atoms with E-state index in [0.29, 0.717) is 30.4 Å². The fraction of sp³-hybridized carbons (Fsp3) is 0.367. The van der Waals surface area contributed by atoms with E-state index in [0.717, 1.165) is 45.6 Å². The molecule has 7 atom stereocenters. The van der Waals surface area contributed by atoms with Crippen molar-refractivity contribution in [1.29, 1.82) is 0 Å². The van der Waals surface area contributed by atoms with Gasteiger partial charge in [0.2, 0.25) is 0 Å². The van der Waals surface area contributed by atoms with Crippen LogP contribution in [0.5, 0.6) is 11.5 Å². The van der Waals surface area contributed by atoms with E-state index in [9.17, 15) is 9.90 Å². The van der Waals surface area contributed by atoms with E-state index in [1.54, 1.807) is 0 Å². The minimum atomic E-state index is -0.782. The Labute approximate surface area is 352 Å². The van der Waals surface area contributed by atoms with Gasteiger partial charge in [0.15, 0.2) is 0 Å². The maximum absolute atomic E-state index is 12.4. The lowest BCUT2D eigenvalue weighted by atomic mass is 9.88. The monoisotopic (exact) mass is 820 g/mol. The van der Waals surface area contributed by atoms with E-state index in [-0.39, 0.29) is 44.9 Å². The molecule has 7 rings (SSSR count). The molecule has 1 saturated heterocycles. The van der Waals surface area contributed by atoms with Crippen molar-refractivity contribution in [3.8, 4) is 11.5 Å². The zero-order valence-electron chi connectivity index (χ0n) is 33.6. The van der Waals surface area contributed by atoms with Crippen LogP contribution in [0.4, 0.5) is 0 Å². The van der Waals surface area contributed by atoms with Crippen molar-refractivity contribution in [2.75, 3.05) is 26.4 Å². The molecular formula is C49H53ClO9. The molecule has 10 heteroatoms. The van der Waals surface area contributed by atoms with Crippen LogP contribution in [0.2, 0.25) is 5.02 Å². The molecule has 1 saturated carbocycles. The molecule has 2 fully saturated rings. The molecule has 5 aromatic carbocycles. The summed E-state index contributed by atoms with van der Waals surface area (Å²) in [6.45, 7) is 5.16. The number of aliphatic hydroxyl groups is 1. The van der Waals surface area contributed by atoms with Gasteiger partial charge in [0.05, 0.1) is 33.0 Å². The van der Waals surface area contributed by atoms with Gasteiger partial charge >= 0.3 is 5.97 Å². The lowest BCUT2D eigenvalue weighted by molar-refractivity contribution is -0.273. The topological polar surface area (TPSA) is 102 Å². The van der Waals surface area contributed by atoms with Crippen molar-refractivity contribution in [1.82, 2.24) is 0 Å². The fourth-order valence-corrected chi connectivity index (χ4v) is 7.72. The zero-order valence-corrected chi connectivity index (χ0v) is 34.4. The van der Waals surface area contributed by atoms with Gasteiger partial charge in [-0.2, -0.15) is 0 Å². The standard InChI is InChI=1S/C49H53ClO9/c1-3-53-41-21-19-34(20-22-41)23-38-25-42(44(26-43(38)50)55-31-40-24-39(40)27-51)46-48(57-29-36-15-9-5-10-16-36)49(58-30-37-17-11-6-12-18-37)47(45(59-46)32-54-33(2)52)56-28-35-13-7-4-8-14-35/h4-22,25-26,39-40,45-49,51H,3,23-24,27-32H2,1-2H3/t39-,40+,45+,46-,47+,48-,49+/m0/s1. The highest BCUT2D eigenvalue weighted by Crippen LogP contribution is 2.45. The predicted octanol–water partition coefficient (Wildman–Crippen LogP) is 9.10. The van der Waals surface area contributed by atoms with Crippen LogP contribution < -0.4 is 9.47 Å². The Hall–Kier alpha value is -4.74. The summed E-state index contributed by atoms with van der Waals surface area (Å²) in [6.07, 6.45) is -2.28. The van der Waals surface area contributed by atoms with Gasteiger partial charge in [-0.25, -0.2) is 0 Å². The molecular weight excluding hydrogens is 768 g/mol. The molecule has 0 aromatic heterocycles. The first-order valence-corrected chi connectivity index (χ1v) is 20.8. The number of hydrogen-bond donors (Lipinski definition) is 1. The third kappa shape index (κ3) is 11.7. The molecule has 0 radical (unpaired) electrons. The normalized spacial score (nSPS) is 22.4. The van der Waals surface area contributed by atoms with Crippen molar-refractivity contribution in [3.05, 3.63) is 166 Å². The smallest absolute Gasteiger partial charge is 0.302 e. The van der Waals surface area contributed by atoms with Crippen molar-refractivity contribution >= 4 is 17.6 Å². The summed E-state index contributed by atoms with van der Waals surface area (Å²) in [5.41, 5.74) is 5.56. The third-order valence-electron chi connectivity index (χ3n) is 10.8. The van der Waals surface area contributed by atoms with E-state index in [2.05, 4.69) is 0 Å². The summed E-state index contributed by atoms with van der Waals surface area (Å²) in [7, 11) is 0. The minimum absolute atomic E-state index is 0.0784. The second kappa shape index (κ2) is 21.0. The minimum Gasteiger partial charge on any atom is -0.494 e. The SMILES string of the molecule is CCOc1ccc(Cc2cc([C@@H]3O[C@H](COC(C)=O)[C@@H](OCc4ccccc4)[C@@H](OCc4ccccc4)[C@H]3OCc3ccccc3)c(OC[C@H]3C[C@H]3CO)cc2Cl)cc1. The lowest BCUT2D eigenvalue weighted by Crippen LogP contribution is -2.58. The summed E-state index contributed by atoms with van der Waals surface area (Å²) in [5.74, 6) is 1.33. The Morgan fingerprint density at radius 3 is 1.81 bits per heavy atom. The van der Waals surface area contributed by atoms with Gasteiger partial charge in [-0.05, 0) is 83.7 Å². The highest BCUT2D eigenvalue weighted by atomic mass is 35.5. The first-order chi connectivity index (χ1) is 28.9. The molecule has 310 valence electrons. The van der Waals surface area contributed by atoms with Crippen LogP contribution in [0.15, 0.2) is 127 Å². The lowest BCUT2D eigenvalue weighted by Gasteiger charge is -2.46. The van der Waals surface area contributed by atoms with Gasteiger partial charge in [0, 0.05) is 24.1 Å². The van der Waals surface area contributed by atoms with Gasteiger partial charge in [0.25, 0.3) is 0 Å². The number of benzene rings is 5. The Balaban J connectivity index is 1.31. The Morgan fingerprint density at radius 2 is 1.27 bits per heavy atom. The van der Waals surface area contributed by atoms with Crippen molar-refractivity contribution < 1.29 is 43.1 Å². The summed E-state index contributed by atoms with van der Waals surface area (Å²) in [4.78, 5) is 12.4. The van der Waals surface area contributed by atoms with Gasteiger partial charge in [0.1, 0.15) is 48.6 Å². The maximum atomic E-state index is 12.4. The average Bonchev–Trinajstić information content (AvgIpc) is 4.04. The second-order valence-electron chi connectivity index (χ2n) is 15.2. The van der Waals surface area contributed by atoms with E-state index in [1.807, 2.05) is 134 Å². The van der Waals surface area contributed by atoms with Gasteiger partial charge in [-0.3, -0.25) is 4.79 Å². The molecule has 9 nitrogen and oxygen atoms in total. The molecule has 0 spiro atoms.